The number of carbonyl (C=O) groups is 1. The van der Waals surface area contributed by atoms with Gasteiger partial charge in [-0.2, -0.15) is 4.31 Å². The molecule has 2 aromatic carbocycles. The summed E-state index contributed by atoms with van der Waals surface area (Å²) in [5.41, 5.74) is 1.83. The highest BCUT2D eigenvalue weighted by atomic mass is 32.2. The molecule has 0 aliphatic heterocycles. The van der Waals surface area contributed by atoms with Crippen LogP contribution in [0.5, 0.6) is 0 Å². The first-order chi connectivity index (χ1) is 14.4. The maximum atomic E-state index is 12.8. The van der Waals surface area contributed by atoms with E-state index < -0.39 is 10.0 Å². The Morgan fingerprint density at radius 2 is 1.63 bits per heavy atom. The van der Waals surface area contributed by atoms with Crippen molar-refractivity contribution in [1.29, 1.82) is 0 Å². The number of carbonyl (C=O) groups excluding carboxylic acids is 1. The SMILES string of the molecule is CCN(C(=O)CCc1ccc(S(=O)(=O)N(CC)CC)cc1)c1nc2ccccc2s1. The summed E-state index contributed by atoms with van der Waals surface area (Å²) in [6.45, 7) is 7.02. The fourth-order valence-electron chi connectivity index (χ4n) is 3.32. The van der Waals surface area contributed by atoms with Crippen molar-refractivity contribution < 1.29 is 13.2 Å². The number of sulfonamides is 1. The minimum Gasteiger partial charge on any atom is -0.288 e. The zero-order valence-electron chi connectivity index (χ0n) is 17.5. The van der Waals surface area contributed by atoms with Gasteiger partial charge in [-0.25, -0.2) is 13.4 Å². The van der Waals surface area contributed by atoms with Gasteiger partial charge < -0.3 is 0 Å². The van der Waals surface area contributed by atoms with E-state index in [0.717, 1.165) is 15.8 Å². The molecule has 1 amide bonds. The number of rotatable bonds is 9. The van der Waals surface area contributed by atoms with Crippen LogP contribution in [-0.4, -0.2) is 43.2 Å². The van der Waals surface area contributed by atoms with Crippen molar-refractivity contribution in [3.05, 3.63) is 54.1 Å². The summed E-state index contributed by atoms with van der Waals surface area (Å²) in [5, 5.41) is 0.712. The number of aryl methyl sites for hydroxylation is 1. The van der Waals surface area contributed by atoms with E-state index in [1.807, 2.05) is 45.0 Å². The Balaban J connectivity index is 1.67. The highest BCUT2D eigenvalue weighted by Gasteiger charge is 2.21. The Labute approximate surface area is 182 Å². The van der Waals surface area contributed by atoms with Gasteiger partial charge in [0.05, 0.1) is 15.1 Å². The summed E-state index contributed by atoms with van der Waals surface area (Å²) in [4.78, 5) is 19.4. The normalized spacial score (nSPS) is 11.9. The highest BCUT2D eigenvalue weighted by Crippen LogP contribution is 2.29. The molecule has 0 unspecified atom stereocenters. The summed E-state index contributed by atoms with van der Waals surface area (Å²) >= 11 is 1.51. The predicted octanol–water partition coefficient (Wildman–Crippen LogP) is 4.31. The zero-order valence-corrected chi connectivity index (χ0v) is 19.2. The summed E-state index contributed by atoms with van der Waals surface area (Å²) in [6.07, 6.45) is 0.887. The fraction of sp³-hybridized carbons (Fsp3) is 0.364. The average molecular weight is 446 g/mol. The van der Waals surface area contributed by atoms with E-state index >= 15 is 0 Å². The number of nitrogens with zero attached hydrogens (tertiary/aromatic N) is 3. The van der Waals surface area contributed by atoms with Gasteiger partial charge in [0.15, 0.2) is 5.13 Å². The van der Waals surface area contributed by atoms with Gasteiger partial charge in [-0.1, -0.05) is 49.4 Å². The largest absolute Gasteiger partial charge is 0.288 e. The molecule has 3 rings (SSSR count). The third-order valence-corrected chi connectivity index (χ3v) is 8.15. The van der Waals surface area contributed by atoms with Gasteiger partial charge in [0.2, 0.25) is 15.9 Å². The molecule has 0 bridgehead atoms. The molecule has 0 saturated carbocycles. The smallest absolute Gasteiger partial charge is 0.243 e. The van der Waals surface area contributed by atoms with Crippen LogP contribution in [0, 0.1) is 0 Å². The van der Waals surface area contributed by atoms with E-state index in [2.05, 4.69) is 4.98 Å². The van der Waals surface area contributed by atoms with Crippen LogP contribution in [0.15, 0.2) is 53.4 Å². The van der Waals surface area contributed by atoms with Crippen molar-refractivity contribution in [2.24, 2.45) is 0 Å². The molecule has 0 atom stereocenters. The molecule has 6 nitrogen and oxygen atoms in total. The third-order valence-electron chi connectivity index (χ3n) is 5.02. The second-order valence-electron chi connectivity index (χ2n) is 6.84. The second kappa shape index (κ2) is 9.68. The first-order valence-electron chi connectivity index (χ1n) is 10.2. The minimum absolute atomic E-state index is 0.0106. The first-order valence-corrected chi connectivity index (χ1v) is 12.4. The Bertz CT molecular complexity index is 1070. The topological polar surface area (TPSA) is 70.6 Å². The van der Waals surface area contributed by atoms with Crippen molar-refractivity contribution in [3.63, 3.8) is 0 Å². The van der Waals surface area contributed by atoms with E-state index in [4.69, 9.17) is 0 Å². The van der Waals surface area contributed by atoms with Gasteiger partial charge in [-0.15, -0.1) is 0 Å². The Hall–Kier alpha value is -2.29. The van der Waals surface area contributed by atoms with Crippen molar-refractivity contribution in [3.8, 4) is 0 Å². The molecule has 0 N–H and O–H groups in total. The number of thiazole rings is 1. The monoisotopic (exact) mass is 445 g/mol. The average Bonchev–Trinajstić information content (AvgIpc) is 3.17. The zero-order chi connectivity index (χ0) is 21.7. The maximum Gasteiger partial charge on any atom is 0.243 e. The molecule has 1 heterocycles. The molecule has 3 aromatic rings. The van der Waals surface area contributed by atoms with Crippen LogP contribution in [0.25, 0.3) is 10.2 Å². The molecule has 0 radical (unpaired) electrons. The van der Waals surface area contributed by atoms with Crippen molar-refractivity contribution in [2.75, 3.05) is 24.5 Å². The van der Waals surface area contributed by atoms with Gasteiger partial charge >= 0.3 is 0 Å². The number of anilines is 1. The summed E-state index contributed by atoms with van der Waals surface area (Å²) < 4.78 is 27.7. The molecular weight excluding hydrogens is 418 g/mol. The lowest BCUT2D eigenvalue weighted by molar-refractivity contribution is -0.118. The van der Waals surface area contributed by atoms with Crippen molar-refractivity contribution in [1.82, 2.24) is 9.29 Å². The van der Waals surface area contributed by atoms with E-state index in [0.29, 0.717) is 37.6 Å². The van der Waals surface area contributed by atoms with E-state index in [-0.39, 0.29) is 10.8 Å². The van der Waals surface area contributed by atoms with Crippen LogP contribution in [0.1, 0.15) is 32.8 Å². The maximum absolute atomic E-state index is 12.8. The van der Waals surface area contributed by atoms with Crippen LogP contribution in [-0.2, 0) is 21.2 Å². The number of hydrogen-bond acceptors (Lipinski definition) is 5. The van der Waals surface area contributed by atoms with Crippen LogP contribution in [0.4, 0.5) is 5.13 Å². The minimum atomic E-state index is -3.46. The van der Waals surface area contributed by atoms with Gasteiger partial charge in [-0.05, 0) is 43.2 Å². The van der Waals surface area contributed by atoms with Crippen LogP contribution < -0.4 is 4.90 Å². The number of amides is 1. The van der Waals surface area contributed by atoms with Crippen LogP contribution in [0.3, 0.4) is 0 Å². The summed E-state index contributed by atoms with van der Waals surface area (Å²) in [7, 11) is -3.46. The molecule has 0 saturated heterocycles. The van der Waals surface area contributed by atoms with Gasteiger partial charge in [0.25, 0.3) is 0 Å². The second-order valence-corrected chi connectivity index (χ2v) is 9.78. The Morgan fingerprint density at radius 3 is 2.23 bits per heavy atom. The van der Waals surface area contributed by atoms with E-state index in [1.165, 1.54) is 15.6 Å². The third kappa shape index (κ3) is 4.71. The quantitative estimate of drug-likeness (QED) is 0.492. The number of benzene rings is 2. The highest BCUT2D eigenvalue weighted by molar-refractivity contribution is 7.89. The molecular formula is C22H27N3O3S2. The van der Waals surface area contributed by atoms with Gasteiger partial charge in [0, 0.05) is 26.1 Å². The lowest BCUT2D eigenvalue weighted by Crippen LogP contribution is -2.31. The molecule has 0 aliphatic rings. The molecule has 8 heteroatoms. The number of para-hydroxylation sites is 1. The van der Waals surface area contributed by atoms with Crippen LogP contribution >= 0.6 is 11.3 Å². The van der Waals surface area contributed by atoms with E-state index in [9.17, 15) is 13.2 Å². The number of hydrogen-bond donors (Lipinski definition) is 0. The van der Waals surface area contributed by atoms with Gasteiger partial charge in [0.1, 0.15) is 0 Å². The lowest BCUT2D eigenvalue weighted by Gasteiger charge is -2.19. The van der Waals surface area contributed by atoms with Crippen molar-refractivity contribution >= 4 is 42.6 Å². The molecule has 30 heavy (non-hydrogen) atoms. The summed E-state index contributed by atoms with van der Waals surface area (Å²) in [6, 6.07) is 14.7. The van der Waals surface area contributed by atoms with Crippen LogP contribution in [0.2, 0.25) is 0 Å². The molecule has 0 spiro atoms. The molecule has 1 aromatic heterocycles. The fourth-order valence-corrected chi connectivity index (χ4v) is 5.83. The first kappa shape index (κ1) is 22.4. The van der Waals surface area contributed by atoms with E-state index in [1.54, 1.807) is 29.2 Å². The molecule has 0 aliphatic carbocycles. The van der Waals surface area contributed by atoms with Gasteiger partial charge in [-0.3, -0.25) is 9.69 Å². The number of fused-ring (bicyclic) bond motifs is 1. The molecule has 160 valence electrons. The Morgan fingerprint density at radius 1 is 0.967 bits per heavy atom. The summed E-state index contributed by atoms with van der Waals surface area (Å²) in [5.74, 6) is 0.0106. The predicted molar refractivity (Wildman–Crippen MR) is 123 cm³/mol. The molecule has 0 fully saturated rings. The standard InChI is InChI=1S/C22H27N3O3S2/c1-4-24(5-2)30(27,28)18-14-11-17(12-15-18)13-16-21(26)25(6-3)22-23-19-9-7-8-10-20(19)29-22/h7-12,14-15H,4-6,13,16H2,1-3H3. The number of aromatic nitrogens is 1. The Kier molecular flexibility index (Phi) is 7.23. The lowest BCUT2D eigenvalue weighted by atomic mass is 10.1. The van der Waals surface area contributed by atoms with Crippen molar-refractivity contribution in [2.45, 2.75) is 38.5 Å².